The van der Waals surface area contributed by atoms with Gasteiger partial charge in [0.25, 0.3) is 5.78 Å². The van der Waals surface area contributed by atoms with Crippen LogP contribution in [-0.2, 0) is 16.0 Å². The predicted molar refractivity (Wildman–Crippen MR) is 73.3 cm³/mol. The number of rotatable bonds is 5. The van der Waals surface area contributed by atoms with Crippen molar-refractivity contribution in [3.63, 3.8) is 0 Å². The number of H-pyrrole nitrogens is 1. The quantitative estimate of drug-likeness (QED) is 0.441. The number of carbonyl (C=O) groups excluding carboxylic acids is 1. The van der Waals surface area contributed by atoms with E-state index in [1.165, 1.54) is 0 Å². The average molecular weight is 271 g/mol. The topological polar surface area (TPSA) is 90.4 Å². The number of ketones is 1. The molecule has 0 aliphatic carbocycles. The Morgan fingerprint density at radius 2 is 1.75 bits per heavy atom. The average Bonchev–Trinajstić information content (AvgIpc) is 2.88. The summed E-state index contributed by atoms with van der Waals surface area (Å²) in [6.45, 7) is 0. The number of aromatic nitrogens is 1. The van der Waals surface area contributed by atoms with Crippen LogP contribution in [-0.4, -0.2) is 26.9 Å². The van der Waals surface area contributed by atoms with Crippen LogP contribution in [0.15, 0.2) is 48.5 Å². The molecule has 0 bridgehead atoms. The Hall–Kier alpha value is -2.82. The Bertz CT molecular complexity index is 656. The van der Waals surface area contributed by atoms with Crippen molar-refractivity contribution in [2.24, 2.45) is 0 Å². The molecule has 0 amide bonds. The zero-order valence-corrected chi connectivity index (χ0v) is 10.5. The summed E-state index contributed by atoms with van der Waals surface area (Å²) in [6.07, 6.45) is 1.33. The summed E-state index contributed by atoms with van der Waals surface area (Å²) in [6, 6.07) is 13.1. The summed E-state index contributed by atoms with van der Waals surface area (Å²) in [4.78, 5) is 24.3. The molecular weight excluding hydrogens is 258 g/mol. The van der Waals surface area contributed by atoms with E-state index in [0.717, 1.165) is 11.3 Å². The second-order valence-electron chi connectivity index (χ2n) is 4.26. The SMILES string of the molecule is O=C(O)C(=O)C=C(O)c1ccc(Cc2ccccc2)[nH]1. The summed E-state index contributed by atoms with van der Waals surface area (Å²) in [5.41, 5.74) is 2.27. The van der Waals surface area contributed by atoms with Gasteiger partial charge in [-0.25, -0.2) is 4.79 Å². The summed E-state index contributed by atoms with van der Waals surface area (Å²) < 4.78 is 0. The van der Waals surface area contributed by atoms with E-state index in [9.17, 15) is 14.7 Å². The van der Waals surface area contributed by atoms with Crippen molar-refractivity contribution in [2.75, 3.05) is 0 Å². The van der Waals surface area contributed by atoms with Crippen LogP contribution in [0.5, 0.6) is 0 Å². The number of hydrogen-bond acceptors (Lipinski definition) is 3. The number of benzene rings is 1. The van der Waals surface area contributed by atoms with Gasteiger partial charge < -0.3 is 15.2 Å². The maximum atomic E-state index is 11.0. The van der Waals surface area contributed by atoms with Crippen molar-refractivity contribution in [2.45, 2.75) is 6.42 Å². The smallest absolute Gasteiger partial charge is 0.376 e. The molecule has 0 aliphatic heterocycles. The van der Waals surface area contributed by atoms with Crippen molar-refractivity contribution in [1.29, 1.82) is 0 Å². The number of carboxylic acids is 1. The molecule has 20 heavy (non-hydrogen) atoms. The molecule has 0 aliphatic rings. The predicted octanol–water partition coefficient (Wildman–Crippen LogP) is 2.16. The molecule has 3 N–H and O–H groups in total. The number of carboxylic acid groups (broad SMARTS) is 1. The number of aromatic amines is 1. The lowest BCUT2D eigenvalue weighted by Crippen LogP contribution is -2.09. The molecule has 102 valence electrons. The van der Waals surface area contributed by atoms with Gasteiger partial charge in [0.05, 0.1) is 5.69 Å². The van der Waals surface area contributed by atoms with Crippen LogP contribution in [0.2, 0.25) is 0 Å². The third-order valence-electron chi connectivity index (χ3n) is 2.74. The van der Waals surface area contributed by atoms with E-state index >= 15 is 0 Å². The first-order valence-corrected chi connectivity index (χ1v) is 5.96. The third-order valence-corrected chi connectivity index (χ3v) is 2.74. The monoisotopic (exact) mass is 271 g/mol. The lowest BCUT2D eigenvalue weighted by atomic mass is 10.1. The van der Waals surface area contributed by atoms with Gasteiger partial charge in [0, 0.05) is 18.2 Å². The Kier molecular flexibility index (Phi) is 4.00. The van der Waals surface area contributed by atoms with Gasteiger partial charge in [0.15, 0.2) is 0 Å². The zero-order valence-electron chi connectivity index (χ0n) is 10.5. The Labute approximate surface area is 115 Å². The first-order chi connectivity index (χ1) is 9.56. The van der Waals surface area contributed by atoms with E-state index in [0.29, 0.717) is 18.2 Å². The van der Waals surface area contributed by atoms with E-state index in [1.807, 2.05) is 30.3 Å². The number of aliphatic hydroxyl groups excluding tert-OH is 1. The molecule has 1 aromatic carbocycles. The second-order valence-corrected chi connectivity index (χ2v) is 4.26. The number of carbonyl (C=O) groups is 2. The molecule has 0 spiro atoms. The number of hydrogen-bond donors (Lipinski definition) is 3. The van der Waals surface area contributed by atoms with Crippen molar-refractivity contribution in [3.05, 3.63) is 65.5 Å². The van der Waals surface area contributed by atoms with Gasteiger partial charge in [-0.1, -0.05) is 30.3 Å². The highest BCUT2D eigenvalue weighted by Gasteiger charge is 2.11. The molecule has 2 aromatic rings. The first-order valence-electron chi connectivity index (χ1n) is 5.96. The highest BCUT2D eigenvalue weighted by atomic mass is 16.4. The zero-order chi connectivity index (χ0) is 14.5. The minimum absolute atomic E-state index is 0.311. The fraction of sp³-hybridized carbons (Fsp3) is 0.0667. The number of aliphatic carboxylic acids is 1. The van der Waals surface area contributed by atoms with E-state index in [1.54, 1.807) is 12.1 Å². The molecule has 0 unspecified atom stereocenters. The van der Waals surface area contributed by atoms with Gasteiger partial charge >= 0.3 is 5.97 Å². The molecule has 0 fully saturated rings. The number of aliphatic hydroxyl groups is 1. The van der Waals surface area contributed by atoms with Crippen molar-refractivity contribution < 1.29 is 19.8 Å². The third kappa shape index (κ3) is 3.35. The summed E-state index contributed by atoms with van der Waals surface area (Å²) in [5, 5.41) is 18.1. The highest BCUT2D eigenvalue weighted by molar-refractivity contribution is 6.38. The van der Waals surface area contributed by atoms with Crippen LogP contribution >= 0.6 is 0 Å². The maximum Gasteiger partial charge on any atom is 0.376 e. The van der Waals surface area contributed by atoms with Gasteiger partial charge in [0.1, 0.15) is 5.76 Å². The van der Waals surface area contributed by atoms with Crippen LogP contribution in [0, 0.1) is 0 Å². The summed E-state index contributed by atoms with van der Waals surface area (Å²) >= 11 is 0. The molecule has 1 heterocycles. The fourth-order valence-corrected chi connectivity index (χ4v) is 1.77. The molecule has 0 atom stereocenters. The van der Waals surface area contributed by atoms with Gasteiger partial charge in [-0.05, 0) is 17.7 Å². The van der Waals surface area contributed by atoms with Crippen molar-refractivity contribution in [1.82, 2.24) is 4.98 Å². The minimum atomic E-state index is -1.60. The molecule has 0 saturated heterocycles. The van der Waals surface area contributed by atoms with Crippen LogP contribution in [0.3, 0.4) is 0 Å². The molecule has 0 radical (unpaired) electrons. The van der Waals surface area contributed by atoms with E-state index in [2.05, 4.69) is 4.98 Å². The van der Waals surface area contributed by atoms with E-state index in [4.69, 9.17) is 5.11 Å². The Morgan fingerprint density at radius 1 is 1.05 bits per heavy atom. The first kappa shape index (κ1) is 13.6. The molecule has 0 saturated carbocycles. The highest BCUT2D eigenvalue weighted by Crippen LogP contribution is 2.14. The Balaban J connectivity index is 2.13. The molecule has 1 aromatic heterocycles. The van der Waals surface area contributed by atoms with Crippen LogP contribution in [0.4, 0.5) is 0 Å². The van der Waals surface area contributed by atoms with Crippen molar-refractivity contribution in [3.8, 4) is 0 Å². The second kappa shape index (κ2) is 5.88. The van der Waals surface area contributed by atoms with E-state index in [-0.39, 0.29) is 0 Å². The molecular formula is C15H13NO4. The standard InChI is InChI=1S/C15H13NO4/c17-13(9-14(18)15(19)20)12-7-6-11(16-12)8-10-4-2-1-3-5-10/h1-7,9,16-17H,8H2,(H,19,20). The van der Waals surface area contributed by atoms with Gasteiger partial charge in [-0.2, -0.15) is 0 Å². The fourth-order valence-electron chi connectivity index (χ4n) is 1.77. The van der Waals surface area contributed by atoms with Crippen LogP contribution < -0.4 is 0 Å². The van der Waals surface area contributed by atoms with Crippen LogP contribution in [0.1, 0.15) is 17.0 Å². The normalized spacial score (nSPS) is 11.3. The van der Waals surface area contributed by atoms with E-state index < -0.39 is 17.5 Å². The van der Waals surface area contributed by atoms with Gasteiger partial charge in [-0.15, -0.1) is 0 Å². The summed E-state index contributed by atoms with van der Waals surface area (Å²) in [7, 11) is 0. The minimum Gasteiger partial charge on any atom is -0.506 e. The largest absolute Gasteiger partial charge is 0.506 e. The van der Waals surface area contributed by atoms with Gasteiger partial charge in [-0.3, -0.25) is 4.79 Å². The Morgan fingerprint density at radius 3 is 2.40 bits per heavy atom. The number of nitrogens with one attached hydrogen (secondary N) is 1. The van der Waals surface area contributed by atoms with Crippen LogP contribution in [0.25, 0.3) is 5.76 Å². The maximum absolute atomic E-state index is 11.0. The van der Waals surface area contributed by atoms with Crippen molar-refractivity contribution >= 4 is 17.5 Å². The lowest BCUT2D eigenvalue weighted by molar-refractivity contribution is -0.146. The molecule has 5 heteroatoms. The lowest BCUT2D eigenvalue weighted by Gasteiger charge is -1.99. The summed E-state index contributed by atoms with van der Waals surface area (Å²) in [5.74, 6) is -3.16. The molecule has 2 rings (SSSR count). The molecule has 5 nitrogen and oxygen atoms in total. The van der Waals surface area contributed by atoms with Gasteiger partial charge in [0.2, 0.25) is 0 Å².